The van der Waals surface area contributed by atoms with Gasteiger partial charge in [-0.2, -0.15) is 0 Å². The Balaban J connectivity index is 1.82. The Morgan fingerprint density at radius 2 is 1.96 bits per heavy atom. The predicted octanol–water partition coefficient (Wildman–Crippen LogP) is 1.47. The lowest BCUT2D eigenvalue weighted by Crippen LogP contribution is -2.29. The molecule has 1 aliphatic rings. The summed E-state index contributed by atoms with van der Waals surface area (Å²) in [5.74, 6) is -1.59. The standard InChI is InChI=1S/C18H15N3O3S/c1-12-11-25-18(21(12)10-13-5-3-2-4-6-13)20-19-17(24)15-9-14(22)7-8-16(15)23/h2-9,11H,10H2,1H3,(H,19,24)/b20-18+. The summed E-state index contributed by atoms with van der Waals surface area (Å²) in [6.45, 7) is 2.57. The topological polar surface area (TPSA) is 80.5 Å². The lowest BCUT2D eigenvalue weighted by Gasteiger charge is -2.07. The Morgan fingerprint density at radius 1 is 1.20 bits per heavy atom. The smallest absolute Gasteiger partial charge is 0.275 e. The molecule has 0 unspecified atom stereocenters. The van der Waals surface area contributed by atoms with Gasteiger partial charge in [-0.05, 0) is 24.6 Å². The maximum Gasteiger partial charge on any atom is 0.275 e. The summed E-state index contributed by atoms with van der Waals surface area (Å²) in [4.78, 5) is 35.7. The van der Waals surface area contributed by atoms with Crippen LogP contribution >= 0.6 is 11.3 Å². The number of allylic oxidation sites excluding steroid dienone is 3. The van der Waals surface area contributed by atoms with Gasteiger partial charge in [0.25, 0.3) is 5.91 Å². The van der Waals surface area contributed by atoms with Crippen LogP contribution in [-0.2, 0) is 20.9 Å². The third-order valence-corrected chi connectivity index (χ3v) is 4.61. The number of ketones is 2. The van der Waals surface area contributed by atoms with Crippen LogP contribution < -0.4 is 10.2 Å². The molecule has 1 N–H and O–H groups in total. The molecule has 6 nitrogen and oxygen atoms in total. The van der Waals surface area contributed by atoms with Crippen molar-refractivity contribution >= 4 is 28.8 Å². The van der Waals surface area contributed by atoms with Crippen LogP contribution in [0.25, 0.3) is 0 Å². The zero-order valence-electron chi connectivity index (χ0n) is 13.4. The molecule has 0 fully saturated rings. The van der Waals surface area contributed by atoms with E-state index in [4.69, 9.17) is 0 Å². The van der Waals surface area contributed by atoms with Crippen LogP contribution in [0.15, 0.2) is 64.6 Å². The number of nitrogens with zero attached hydrogens (tertiary/aromatic N) is 2. The van der Waals surface area contributed by atoms with Gasteiger partial charge < -0.3 is 4.57 Å². The molecule has 1 heterocycles. The van der Waals surface area contributed by atoms with Gasteiger partial charge >= 0.3 is 0 Å². The number of carbonyl (C=O) groups excluding carboxylic acids is 3. The number of carbonyl (C=O) groups is 3. The number of rotatable bonds is 4. The van der Waals surface area contributed by atoms with E-state index >= 15 is 0 Å². The molecule has 0 bridgehead atoms. The number of hydrogen-bond acceptors (Lipinski definition) is 5. The number of nitrogens with one attached hydrogen (secondary N) is 1. The Labute approximate surface area is 147 Å². The molecule has 0 atom stereocenters. The largest absolute Gasteiger partial charge is 0.315 e. The number of benzene rings is 1. The van der Waals surface area contributed by atoms with Crippen molar-refractivity contribution in [3.63, 3.8) is 0 Å². The normalized spacial score (nSPS) is 14.6. The molecule has 0 radical (unpaired) electrons. The van der Waals surface area contributed by atoms with Crippen LogP contribution in [0.5, 0.6) is 0 Å². The van der Waals surface area contributed by atoms with Gasteiger partial charge in [-0.25, -0.2) is 5.43 Å². The minimum absolute atomic E-state index is 0.209. The summed E-state index contributed by atoms with van der Waals surface area (Å²) in [7, 11) is 0. The molecular weight excluding hydrogens is 338 g/mol. The SMILES string of the molecule is Cc1cs/c(=N/NC(=O)C2=CC(=O)C=CC2=O)n1Cc1ccccc1. The van der Waals surface area contributed by atoms with Gasteiger partial charge in [0.05, 0.1) is 12.1 Å². The van der Waals surface area contributed by atoms with Gasteiger partial charge in [-0.3, -0.25) is 14.4 Å². The first kappa shape index (κ1) is 16.8. The summed E-state index contributed by atoms with van der Waals surface area (Å²) < 4.78 is 1.96. The highest BCUT2D eigenvalue weighted by molar-refractivity contribution is 7.07. The van der Waals surface area contributed by atoms with Crippen molar-refractivity contribution in [3.8, 4) is 0 Å². The molecule has 2 aromatic rings. The highest BCUT2D eigenvalue weighted by Gasteiger charge is 2.20. The summed E-state index contributed by atoms with van der Waals surface area (Å²) >= 11 is 1.38. The number of hydrogen-bond donors (Lipinski definition) is 1. The molecule has 0 aliphatic heterocycles. The minimum atomic E-state index is -0.694. The summed E-state index contributed by atoms with van der Waals surface area (Å²) in [6, 6.07) is 9.89. The quantitative estimate of drug-likeness (QED) is 0.513. The van der Waals surface area contributed by atoms with E-state index in [-0.39, 0.29) is 5.57 Å². The average Bonchev–Trinajstić information content (AvgIpc) is 2.96. The van der Waals surface area contributed by atoms with Gasteiger partial charge in [0.1, 0.15) is 0 Å². The molecular formula is C18H15N3O3S. The van der Waals surface area contributed by atoms with Crippen molar-refractivity contribution in [1.82, 2.24) is 9.99 Å². The molecule has 0 saturated heterocycles. The lowest BCUT2D eigenvalue weighted by atomic mass is 10.0. The fourth-order valence-electron chi connectivity index (χ4n) is 2.31. The van der Waals surface area contributed by atoms with Crippen molar-refractivity contribution in [2.75, 3.05) is 0 Å². The molecule has 1 aromatic heterocycles. The second kappa shape index (κ2) is 7.23. The van der Waals surface area contributed by atoms with E-state index in [9.17, 15) is 14.4 Å². The highest BCUT2D eigenvalue weighted by atomic mass is 32.1. The highest BCUT2D eigenvalue weighted by Crippen LogP contribution is 2.07. The maximum atomic E-state index is 12.1. The van der Waals surface area contributed by atoms with Crippen LogP contribution in [0.2, 0.25) is 0 Å². The van der Waals surface area contributed by atoms with E-state index in [0.29, 0.717) is 11.3 Å². The van der Waals surface area contributed by atoms with Crippen LogP contribution in [-0.4, -0.2) is 22.0 Å². The minimum Gasteiger partial charge on any atom is -0.315 e. The maximum absolute atomic E-state index is 12.1. The Morgan fingerprint density at radius 3 is 2.72 bits per heavy atom. The third-order valence-electron chi connectivity index (χ3n) is 3.62. The van der Waals surface area contributed by atoms with Crippen LogP contribution in [0.4, 0.5) is 0 Å². The molecule has 1 aliphatic carbocycles. The van der Waals surface area contributed by atoms with Gasteiger partial charge in [0.15, 0.2) is 11.6 Å². The van der Waals surface area contributed by atoms with Gasteiger partial charge in [0.2, 0.25) is 4.80 Å². The Kier molecular flexibility index (Phi) is 4.85. The molecule has 0 spiro atoms. The van der Waals surface area contributed by atoms with Crippen molar-refractivity contribution in [1.29, 1.82) is 0 Å². The van der Waals surface area contributed by atoms with Gasteiger partial charge in [0, 0.05) is 17.2 Å². The lowest BCUT2D eigenvalue weighted by molar-refractivity contribution is -0.122. The number of aryl methyl sites for hydroxylation is 1. The predicted molar refractivity (Wildman–Crippen MR) is 93.5 cm³/mol. The van der Waals surface area contributed by atoms with Crippen LogP contribution in [0.3, 0.4) is 0 Å². The van der Waals surface area contributed by atoms with E-state index in [0.717, 1.165) is 29.5 Å². The van der Waals surface area contributed by atoms with Crippen molar-refractivity contribution in [3.05, 3.63) is 75.6 Å². The molecule has 3 rings (SSSR count). The van der Waals surface area contributed by atoms with E-state index in [1.165, 1.54) is 11.3 Å². The first-order valence-electron chi connectivity index (χ1n) is 7.55. The fourth-order valence-corrected chi connectivity index (χ4v) is 3.14. The van der Waals surface area contributed by atoms with Gasteiger partial charge in [-0.1, -0.05) is 30.3 Å². The molecule has 1 amide bonds. The van der Waals surface area contributed by atoms with Crippen molar-refractivity contribution < 1.29 is 14.4 Å². The molecule has 25 heavy (non-hydrogen) atoms. The second-order valence-corrected chi connectivity index (χ2v) is 6.28. The van der Waals surface area contributed by atoms with E-state index in [2.05, 4.69) is 10.5 Å². The summed E-state index contributed by atoms with van der Waals surface area (Å²) in [5.41, 5.74) is 4.27. The zero-order chi connectivity index (χ0) is 17.8. The Bertz CT molecular complexity index is 965. The van der Waals surface area contributed by atoms with E-state index in [1.54, 1.807) is 0 Å². The van der Waals surface area contributed by atoms with Crippen molar-refractivity contribution in [2.24, 2.45) is 5.10 Å². The Hall–Kier alpha value is -3.06. The first-order chi connectivity index (χ1) is 12.0. The molecule has 0 saturated carbocycles. The van der Waals surface area contributed by atoms with E-state index < -0.39 is 17.5 Å². The van der Waals surface area contributed by atoms with E-state index in [1.807, 2.05) is 47.2 Å². The molecule has 7 heteroatoms. The summed E-state index contributed by atoms with van der Waals surface area (Å²) in [6.07, 6.45) is 3.24. The number of amides is 1. The second-order valence-electron chi connectivity index (χ2n) is 5.44. The average molecular weight is 353 g/mol. The van der Waals surface area contributed by atoms with Crippen LogP contribution in [0.1, 0.15) is 11.3 Å². The van der Waals surface area contributed by atoms with Crippen molar-refractivity contribution in [2.45, 2.75) is 13.5 Å². The number of aromatic nitrogens is 1. The van der Waals surface area contributed by atoms with Crippen LogP contribution in [0, 0.1) is 6.92 Å². The molecule has 1 aromatic carbocycles. The first-order valence-corrected chi connectivity index (χ1v) is 8.43. The monoisotopic (exact) mass is 353 g/mol. The fraction of sp³-hybridized carbons (Fsp3) is 0.111. The molecule has 126 valence electrons. The third kappa shape index (κ3) is 3.89. The number of thiazole rings is 1. The van der Waals surface area contributed by atoms with Gasteiger partial charge in [-0.15, -0.1) is 16.4 Å². The summed E-state index contributed by atoms with van der Waals surface area (Å²) in [5, 5.41) is 6.05. The zero-order valence-corrected chi connectivity index (χ0v) is 14.2.